The lowest BCUT2D eigenvalue weighted by molar-refractivity contribution is -0.116. The lowest BCUT2D eigenvalue weighted by Crippen LogP contribution is -2.24. The number of thiazole rings is 1. The molecule has 0 spiro atoms. The molecular weight excluding hydrogens is 378 g/mol. The van der Waals surface area contributed by atoms with Crippen molar-refractivity contribution in [1.82, 2.24) is 14.5 Å². The van der Waals surface area contributed by atoms with Crippen LogP contribution in [0.25, 0.3) is 11.3 Å². The number of rotatable bonds is 3. The zero-order chi connectivity index (χ0) is 18.4. The summed E-state index contributed by atoms with van der Waals surface area (Å²) in [4.78, 5) is 22.9. The zero-order valence-electron chi connectivity index (χ0n) is 14.6. The highest BCUT2D eigenvalue weighted by atomic mass is 32.2. The summed E-state index contributed by atoms with van der Waals surface area (Å²) in [6, 6.07) is 6.15. The largest absolute Gasteiger partial charge is 0.326 e. The molecule has 1 amide bonds. The van der Waals surface area contributed by atoms with Gasteiger partial charge in [0.25, 0.3) is 0 Å². The molecule has 2 aliphatic rings. The fourth-order valence-corrected chi connectivity index (χ4v) is 5.42. The van der Waals surface area contributed by atoms with Gasteiger partial charge in [-0.15, -0.1) is 11.3 Å². The number of aryl methyl sites for hydroxylation is 1. The van der Waals surface area contributed by atoms with Crippen molar-refractivity contribution in [2.24, 2.45) is 0 Å². The second-order valence-corrected chi connectivity index (χ2v) is 8.30. The summed E-state index contributed by atoms with van der Waals surface area (Å²) in [5.41, 5.74) is 5.41. The summed E-state index contributed by atoms with van der Waals surface area (Å²) >= 11 is 3.39. The summed E-state index contributed by atoms with van der Waals surface area (Å²) in [6.45, 7) is 2.10. The summed E-state index contributed by atoms with van der Waals surface area (Å²) in [5.74, 6) is 0.0885. The molecule has 0 saturated carbocycles. The van der Waals surface area contributed by atoms with Gasteiger partial charge in [0.15, 0.2) is 10.6 Å². The number of imidazole rings is 1. The molecule has 0 saturated heterocycles. The van der Waals surface area contributed by atoms with E-state index in [0.717, 1.165) is 28.5 Å². The van der Waals surface area contributed by atoms with Crippen LogP contribution in [0.1, 0.15) is 24.4 Å². The van der Waals surface area contributed by atoms with Crippen molar-refractivity contribution in [3.63, 3.8) is 0 Å². The molecule has 1 N–H and O–H groups in total. The van der Waals surface area contributed by atoms with Crippen LogP contribution in [0.5, 0.6) is 0 Å². The summed E-state index contributed by atoms with van der Waals surface area (Å²) in [5, 5.41) is 8.16. The maximum Gasteiger partial charge on any atom is 0.224 e. The molecule has 1 atom stereocenters. The van der Waals surface area contributed by atoms with Gasteiger partial charge in [0.1, 0.15) is 0 Å². The fraction of sp³-hybridized carbons (Fsp3) is 0.211. The topological polar surface area (TPSA) is 63.1 Å². The van der Waals surface area contributed by atoms with Gasteiger partial charge < -0.3 is 9.88 Å². The number of fused-ring (bicyclic) bond motifs is 1. The zero-order valence-corrected chi connectivity index (χ0v) is 16.3. The molecule has 4 heterocycles. The van der Waals surface area contributed by atoms with Gasteiger partial charge in [0, 0.05) is 41.1 Å². The van der Waals surface area contributed by atoms with Crippen molar-refractivity contribution in [1.29, 1.82) is 0 Å². The van der Waals surface area contributed by atoms with Crippen LogP contribution < -0.4 is 10.2 Å². The van der Waals surface area contributed by atoms with E-state index in [9.17, 15) is 4.79 Å². The predicted molar refractivity (Wildman–Crippen MR) is 110 cm³/mol. The number of benzene rings is 1. The van der Waals surface area contributed by atoms with Crippen LogP contribution in [0.3, 0.4) is 0 Å². The molecule has 136 valence electrons. The van der Waals surface area contributed by atoms with Gasteiger partial charge in [0.05, 0.1) is 12.0 Å². The Bertz CT molecular complexity index is 1040. The minimum Gasteiger partial charge on any atom is -0.326 e. The Morgan fingerprint density at radius 2 is 2.22 bits per heavy atom. The van der Waals surface area contributed by atoms with Crippen LogP contribution >= 0.6 is 23.1 Å². The average molecular weight is 396 g/mol. The smallest absolute Gasteiger partial charge is 0.224 e. The van der Waals surface area contributed by atoms with E-state index in [1.165, 1.54) is 11.3 Å². The number of nitrogens with zero attached hydrogens (tertiary/aromatic N) is 4. The molecule has 2 aromatic heterocycles. The van der Waals surface area contributed by atoms with Crippen LogP contribution in [-0.4, -0.2) is 20.4 Å². The molecule has 0 radical (unpaired) electrons. The number of thioether (sulfide) groups is 1. The Morgan fingerprint density at radius 1 is 1.30 bits per heavy atom. The standard InChI is InChI=1S/C19H17N5OS2/c1-12-9-27-19(23-7-6-20-11-23)24(12)18-22-16(10-26-18)14-2-4-15-13(8-14)3-5-17(25)21-15/h2,4,6-11,19H,3,5H2,1H3,(H,21,25). The van der Waals surface area contributed by atoms with Crippen LogP contribution in [0.2, 0.25) is 0 Å². The summed E-state index contributed by atoms with van der Waals surface area (Å²) < 4.78 is 2.08. The van der Waals surface area contributed by atoms with Gasteiger partial charge in [-0.1, -0.05) is 17.8 Å². The monoisotopic (exact) mass is 395 g/mol. The molecule has 1 aromatic carbocycles. The van der Waals surface area contributed by atoms with E-state index in [1.54, 1.807) is 29.3 Å². The molecule has 3 aromatic rings. The van der Waals surface area contributed by atoms with Gasteiger partial charge in [-0.25, -0.2) is 9.97 Å². The fourth-order valence-electron chi connectivity index (χ4n) is 3.35. The molecule has 5 rings (SSSR count). The third-order valence-corrected chi connectivity index (χ3v) is 6.75. The van der Waals surface area contributed by atoms with E-state index in [4.69, 9.17) is 4.98 Å². The quantitative estimate of drug-likeness (QED) is 0.709. The van der Waals surface area contributed by atoms with Crippen molar-refractivity contribution in [3.8, 4) is 11.3 Å². The maximum atomic E-state index is 11.5. The van der Waals surface area contributed by atoms with E-state index in [-0.39, 0.29) is 11.4 Å². The number of amides is 1. The van der Waals surface area contributed by atoms with Crippen molar-refractivity contribution in [2.75, 3.05) is 10.2 Å². The lowest BCUT2D eigenvalue weighted by atomic mass is 9.99. The number of hydrogen-bond acceptors (Lipinski definition) is 6. The Morgan fingerprint density at radius 3 is 3.07 bits per heavy atom. The lowest BCUT2D eigenvalue weighted by Gasteiger charge is -2.25. The number of anilines is 2. The minimum absolute atomic E-state index is 0.0885. The number of hydrogen-bond donors (Lipinski definition) is 1. The highest BCUT2D eigenvalue weighted by Crippen LogP contribution is 2.44. The summed E-state index contributed by atoms with van der Waals surface area (Å²) in [6.07, 6.45) is 6.93. The molecule has 27 heavy (non-hydrogen) atoms. The summed E-state index contributed by atoms with van der Waals surface area (Å²) in [7, 11) is 0. The van der Waals surface area contributed by atoms with E-state index in [1.807, 2.05) is 24.7 Å². The van der Waals surface area contributed by atoms with Crippen molar-refractivity contribution in [3.05, 3.63) is 59.0 Å². The van der Waals surface area contributed by atoms with Crippen LogP contribution in [0.15, 0.2) is 53.4 Å². The van der Waals surface area contributed by atoms with Gasteiger partial charge >= 0.3 is 0 Å². The first-order chi connectivity index (χ1) is 13.2. The number of carbonyl (C=O) groups is 1. The third kappa shape index (κ3) is 2.94. The highest BCUT2D eigenvalue weighted by molar-refractivity contribution is 8.02. The molecule has 8 heteroatoms. The molecule has 0 bridgehead atoms. The van der Waals surface area contributed by atoms with Gasteiger partial charge in [-0.05, 0) is 36.4 Å². The highest BCUT2D eigenvalue weighted by Gasteiger charge is 2.29. The number of nitrogens with one attached hydrogen (secondary N) is 1. The number of carbonyl (C=O) groups excluding carboxylic acids is 1. The van der Waals surface area contributed by atoms with E-state index >= 15 is 0 Å². The average Bonchev–Trinajstić information content (AvgIpc) is 3.41. The van der Waals surface area contributed by atoms with Crippen molar-refractivity contribution < 1.29 is 4.79 Å². The van der Waals surface area contributed by atoms with E-state index in [0.29, 0.717) is 6.42 Å². The Kier molecular flexibility index (Phi) is 4.02. The van der Waals surface area contributed by atoms with Gasteiger partial charge in [0.2, 0.25) is 5.91 Å². The molecule has 0 fully saturated rings. The Hall–Kier alpha value is -2.58. The van der Waals surface area contributed by atoms with E-state index < -0.39 is 0 Å². The first-order valence-electron chi connectivity index (χ1n) is 8.66. The predicted octanol–water partition coefficient (Wildman–Crippen LogP) is 4.46. The maximum absolute atomic E-state index is 11.5. The third-order valence-electron chi connectivity index (χ3n) is 4.74. The number of aromatic nitrogens is 3. The first-order valence-corrected chi connectivity index (χ1v) is 10.5. The second-order valence-electron chi connectivity index (χ2n) is 6.54. The molecule has 0 aliphatic carbocycles. The SMILES string of the molecule is CC1=CSC(n2ccnc2)N1c1nc(-c2ccc3c(c2)CCC(=O)N3)cs1. The second kappa shape index (κ2) is 6.54. The molecule has 1 unspecified atom stereocenters. The normalized spacial score (nSPS) is 19.0. The number of allylic oxidation sites excluding steroid dienone is 1. The first kappa shape index (κ1) is 16.6. The van der Waals surface area contributed by atoms with Crippen LogP contribution in [-0.2, 0) is 11.2 Å². The van der Waals surface area contributed by atoms with E-state index in [2.05, 4.69) is 43.5 Å². The van der Waals surface area contributed by atoms with Crippen LogP contribution in [0.4, 0.5) is 10.8 Å². The van der Waals surface area contributed by atoms with Crippen molar-refractivity contribution >= 4 is 39.8 Å². The van der Waals surface area contributed by atoms with Gasteiger partial charge in [-0.3, -0.25) is 9.69 Å². The molecule has 6 nitrogen and oxygen atoms in total. The van der Waals surface area contributed by atoms with Gasteiger partial charge in [-0.2, -0.15) is 0 Å². The molecule has 2 aliphatic heterocycles. The minimum atomic E-state index is 0.0885. The Balaban J connectivity index is 1.46. The van der Waals surface area contributed by atoms with Crippen LogP contribution in [0, 0.1) is 0 Å². The Labute approximate surface area is 164 Å². The van der Waals surface area contributed by atoms with Crippen molar-refractivity contribution in [2.45, 2.75) is 25.3 Å². The molecular formula is C19H17N5OS2.